The first-order valence-corrected chi connectivity index (χ1v) is 7.93. The number of rotatable bonds is 6. The third-order valence-corrected chi connectivity index (χ3v) is 4.25. The summed E-state index contributed by atoms with van der Waals surface area (Å²) in [7, 11) is 0. The third-order valence-electron chi connectivity index (χ3n) is 4.25. The van der Waals surface area contributed by atoms with E-state index in [9.17, 15) is 0 Å². The van der Waals surface area contributed by atoms with Crippen LogP contribution in [0.15, 0.2) is 54.6 Å². The molecule has 112 valence electrons. The zero-order valence-corrected chi connectivity index (χ0v) is 13.6. The Morgan fingerprint density at radius 1 is 0.810 bits per heavy atom. The zero-order valence-electron chi connectivity index (χ0n) is 13.6. The Morgan fingerprint density at radius 3 is 2.00 bits per heavy atom. The van der Waals surface area contributed by atoms with Gasteiger partial charge in [0, 0.05) is 12.6 Å². The van der Waals surface area contributed by atoms with Crippen molar-refractivity contribution >= 4 is 0 Å². The summed E-state index contributed by atoms with van der Waals surface area (Å²) in [5.41, 5.74) is 4.10. The summed E-state index contributed by atoms with van der Waals surface area (Å²) in [6.07, 6.45) is 0. The second kappa shape index (κ2) is 7.42. The first-order valence-electron chi connectivity index (χ1n) is 7.93. The van der Waals surface area contributed by atoms with Gasteiger partial charge in [-0.25, -0.2) is 0 Å². The molecule has 0 saturated carbocycles. The molecule has 2 aromatic carbocycles. The lowest BCUT2D eigenvalue weighted by Gasteiger charge is -2.24. The van der Waals surface area contributed by atoms with Crippen LogP contribution in [0.25, 0.3) is 0 Å². The number of nitrogens with one attached hydrogen (secondary N) is 1. The normalized spacial score (nSPS) is 14.1. The summed E-state index contributed by atoms with van der Waals surface area (Å²) in [5, 5.41) is 3.70. The van der Waals surface area contributed by atoms with Crippen LogP contribution in [0.1, 0.15) is 49.4 Å². The first-order chi connectivity index (χ1) is 10.1. The highest BCUT2D eigenvalue weighted by Gasteiger charge is 2.16. The molecule has 1 heteroatoms. The maximum atomic E-state index is 3.70. The Hall–Kier alpha value is -1.60. The number of hydrogen-bond donors (Lipinski definition) is 1. The molecule has 0 spiro atoms. The molecule has 21 heavy (non-hydrogen) atoms. The smallest absolute Gasteiger partial charge is 0.0292 e. The Labute approximate surface area is 129 Å². The van der Waals surface area contributed by atoms with Gasteiger partial charge in [0.25, 0.3) is 0 Å². The van der Waals surface area contributed by atoms with Gasteiger partial charge in [0.05, 0.1) is 0 Å². The number of hydrogen-bond acceptors (Lipinski definition) is 1. The van der Waals surface area contributed by atoms with Crippen molar-refractivity contribution < 1.29 is 0 Å². The van der Waals surface area contributed by atoms with Crippen LogP contribution in [0.3, 0.4) is 0 Å². The summed E-state index contributed by atoms with van der Waals surface area (Å²) in [6, 6.07) is 20.0. The summed E-state index contributed by atoms with van der Waals surface area (Å²) >= 11 is 0. The Morgan fingerprint density at radius 2 is 1.43 bits per heavy atom. The molecule has 1 nitrogen and oxygen atoms in total. The van der Waals surface area contributed by atoms with Crippen molar-refractivity contribution in [3.05, 3.63) is 71.3 Å². The molecule has 2 atom stereocenters. The van der Waals surface area contributed by atoms with Crippen molar-refractivity contribution in [2.75, 3.05) is 6.54 Å². The minimum atomic E-state index is 0.385. The molecule has 0 amide bonds. The Bertz CT molecular complexity index is 528. The van der Waals surface area contributed by atoms with Crippen LogP contribution in [0.4, 0.5) is 0 Å². The second-order valence-electron chi connectivity index (χ2n) is 6.30. The summed E-state index contributed by atoms with van der Waals surface area (Å²) < 4.78 is 0. The van der Waals surface area contributed by atoms with Crippen LogP contribution in [0, 0.1) is 12.8 Å². The molecule has 2 aromatic rings. The highest BCUT2D eigenvalue weighted by atomic mass is 14.9. The minimum Gasteiger partial charge on any atom is -0.310 e. The van der Waals surface area contributed by atoms with Crippen molar-refractivity contribution in [1.29, 1.82) is 0 Å². The van der Waals surface area contributed by atoms with E-state index < -0.39 is 0 Å². The predicted molar refractivity (Wildman–Crippen MR) is 91.6 cm³/mol. The maximum Gasteiger partial charge on any atom is 0.0292 e. The van der Waals surface area contributed by atoms with Gasteiger partial charge in [0.2, 0.25) is 0 Å². The molecule has 0 aliphatic rings. The number of benzene rings is 2. The van der Waals surface area contributed by atoms with E-state index in [1.165, 1.54) is 16.7 Å². The first kappa shape index (κ1) is 15.8. The summed E-state index contributed by atoms with van der Waals surface area (Å²) in [5.74, 6) is 1.18. The molecule has 0 aliphatic carbocycles. The van der Waals surface area contributed by atoms with E-state index in [1.807, 2.05) is 0 Å². The van der Waals surface area contributed by atoms with E-state index in [0.717, 1.165) is 6.54 Å². The van der Waals surface area contributed by atoms with Gasteiger partial charge in [0.1, 0.15) is 0 Å². The second-order valence-corrected chi connectivity index (χ2v) is 6.30. The lowest BCUT2D eigenvalue weighted by Crippen LogP contribution is -2.27. The standard InChI is InChI=1S/C20H27N/c1-15(2)20(19-8-6-5-7-9-19)14-21-17(4)18-12-10-16(3)11-13-18/h5-13,15,17,20-21H,14H2,1-4H3/t17-,20?/m0/s1. The molecular formula is C20H27N. The average molecular weight is 281 g/mol. The van der Waals surface area contributed by atoms with Crippen molar-refractivity contribution in [3.63, 3.8) is 0 Å². The molecule has 0 saturated heterocycles. The maximum absolute atomic E-state index is 3.70. The van der Waals surface area contributed by atoms with Gasteiger partial charge in [-0.1, -0.05) is 74.0 Å². The van der Waals surface area contributed by atoms with Gasteiger partial charge in [-0.15, -0.1) is 0 Å². The third kappa shape index (κ3) is 4.44. The highest BCUT2D eigenvalue weighted by Crippen LogP contribution is 2.24. The summed E-state index contributed by atoms with van der Waals surface area (Å²) in [4.78, 5) is 0. The van der Waals surface area contributed by atoms with E-state index in [4.69, 9.17) is 0 Å². The zero-order chi connectivity index (χ0) is 15.2. The predicted octanol–water partition coefficient (Wildman–Crippen LogP) is 5.09. The van der Waals surface area contributed by atoms with Crippen molar-refractivity contribution in [1.82, 2.24) is 5.32 Å². The van der Waals surface area contributed by atoms with Gasteiger partial charge in [-0.05, 0) is 36.8 Å². The fourth-order valence-corrected chi connectivity index (χ4v) is 2.72. The van der Waals surface area contributed by atoms with Crippen LogP contribution in [-0.4, -0.2) is 6.54 Å². The van der Waals surface area contributed by atoms with Gasteiger partial charge in [-0.3, -0.25) is 0 Å². The van der Waals surface area contributed by atoms with Gasteiger partial charge >= 0.3 is 0 Å². The molecule has 0 heterocycles. The van der Waals surface area contributed by atoms with E-state index in [-0.39, 0.29) is 0 Å². The van der Waals surface area contributed by atoms with Crippen LogP contribution in [-0.2, 0) is 0 Å². The van der Waals surface area contributed by atoms with Crippen molar-refractivity contribution in [2.45, 2.75) is 39.7 Å². The fourth-order valence-electron chi connectivity index (χ4n) is 2.72. The van der Waals surface area contributed by atoms with E-state index in [1.54, 1.807) is 0 Å². The minimum absolute atomic E-state index is 0.385. The van der Waals surface area contributed by atoms with Crippen molar-refractivity contribution in [3.8, 4) is 0 Å². The lowest BCUT2D eigenvalue weighted by molar-refractivity contribution is 0.436. The SMILES string of the molecule is Cc1ccc([C@H](C)NCC(c2ccccc2)C(C)C)cc1. The van der Waals surface area contributed by atoms with Gasteiger partial charge in [-0.2, -0.15) is 0 Å². The Balaban J connectivity index is 2.00. The van der Waals surface area contributed by atoms with Crippen molar-refractivity contribution in [2.24, 2.45) is 5.92 Å². The molecule has 0 bridgehead atoms. The van der Waals surface area contributed by atoms with Gasteiger partial charge in [0.15, 0.2) is 0 Å². The summed E-state index contributed by atoms with van der Waals surface area (Å²) in [6.45, 7) is 9.99. The molecule has 1 unspecified atom stereocenters. The lowest BCUT2D eigenvalue weighted by atomic mass is 9.88. The van der Waals surface area contributed by atoms with Gasteiger partial charge < -0.3 is 5.32 Å². The molecule has 0 aromatic heterocycles. The molecule has 2 rings (SSSR count). The van der Waals surface area contributed by atoms with Crippen LogP contribution in [0.2, 0.25) is 0 Å². The largest absolute Gasteiger partial charge is 0.310 e. The number of aryl methyl sites for hydroxylation is 1. The van der Waals surface area contributed by atoms with E-state index in [0.29, 0.717) is 17.9 Å². The molecule has 0 radical (unpaired) electrons. The molecule has 0 fully saturated rings. The molecular weight excluding hydrogens is 254 g/mol. The topological polar surface area (TPSA) is 12.0 Å². The quantitative estimate of drug-likeness (QED) is 0.778. The van der Waals surface area contributed by atoms with Crippen LogP contribution >= 0.6 is 0 Å². The fraction of sp³-hybridized carbons (Fsp3) is 0.400. The van der Waals surface area contributed by atoms with E-state index in [2.05, 4.69) is 87.6 Å². The van der Waals surface area contributed by atoms with Crippen LogP contribution < -0.4 is 5.32 Å². The average Bonchev–Trinajstić information content (AvgIpc) is 2.48. The molecule has 0 aliphatic heterocycles. The van der Waals surface area contributed by atoms with E-state index >= 15 is 0 Å². The Kier molecular flexibility index (Phi) is 5.58. The molecule has 1 N–H and O–H groups in total. The monoisotopic (exact) mass is 281 g/mol. The van der Waals surface area contributed by atoms with Crippen LogP contribution in [0.5, 0.6) is 0 Å². The highest BCUT2D eigenvalue weighted by molar-refractivity contribution is 5.24.